The average Bonchev–Trinajstić information content (AvgIpc) is 3.44. The van der Waals surface area contributed by atoms with E-state index in [1.54, 1.807) is 0 Å². The molecule has 2 aromatic heterocycles. The van der Waals surface area contributed by atoms with Crippen LogP contribution in [0.5, 0.6) is 0 Å². The first-order valence-electron chi connectivity index (χ1n) is 11.7. The third-order valence-corrected chi connectivity index (χ3v) is 9.61. The molecule has 0 saturated heterocycles. The van der Waals surface area contributed by atoms with Crippen molar-refractivity contribution < 1.29 is 0 Å². The number of aromatic nitrogens is 1. The number of hydrogen-bond donors (Lipinski definition) is 0. The highest BCUT2D eigenvalue weighted by Crippen LogP contribution is 2.58. The number of rotatable bonds is 2. The smallest absolute Gasteiger partial charge is 0.0687 e. The molecule has 0 amide bonds. The van der Waals surface area contributed by atoms with Gasteiger partial charge in [0.25, 0.3) is 0 Å². The fourth-order valence-electron chi connectivity index (χ4n) is 5.56. The quantitative estimate of drug-likeness (QED) is 0.200. The van der Waals surface area contributed by atoms with Gasteiger partial charge in [0, 0.05) is 26.2 Å². The van der Waals surface area contributed by atoms with Gasteiger partial charge in [-0.25, -0.2) is 0 Å². The van der Waals surface area contributed by atoms with E-state index in [1.807, 2.05) is 11.3 Å². The second-order valence-electron chi connectivity index (χ2n) is 9.06. The summed E-state index contributed by atoms with van der Waals surface area (Å²) >= 11 is 6.06. The highest BCUT2D eigenvalue weighted by molar-refractivity contribution is 9.09. The molecule has 0 bridgehead atoms. The predicted octanol–water partition coefficient (Wildman–Crippen LogP) is 9.73. The van der Waals surface area contributed by atoms with Crippen molar-refractivity contribution in [3.05, 3.63) is 114 Å². The fraction of sp³-hybridized carbons (Fsp3) is 0.0968. The molecule has 2 unspecified atom stereocenters. The van der Waals surface area contributed by atoms with E-state index in [0.717, 1.165) is 0 Å². The number of fused-ring (bicyclic) bond motifs is 7. The first-order chi connectivity index (χ1) is 16.7. The molecular formula is C31H22BrNS. The summed E-state index contributed by atoms with van der Waals surface area (Å²) in [5, 5.41) is 2.72. The lowest BCUT2D eigenvalue weighted by Gasteiger charge is -2.27. The van der Waals surface area contributed by atoms with Crippen LogP contribution >= 0.6 is 27.3 Å². The van der Waals surface area contributed by atoms with Gasteiger partial charge in [-0.3, -0.25) is 0 Å². The Hall–Kier alpha value is -3.14. The monoisotopic (exact) mass is 519 g/mol. The largest absolute Gasteiger partial charge is 0.308 e. The summed E-state index contributed by atoms with van der Waals surface area (Å²) in [6.07, 6.45) is 0. The van der Waals surface area contributed by atoms with Crippen molar-refractivity contribution in [1.29, 1.82) is 0 Å². The van der Waals surface area contributed by atoms with E-state index in [4.69, 9.17) is 0 Å². The summed E-state index contributed by atoms with van der Waals surface area (Å²) in [6, 6.07) is 37.3. The zero-order valence-electron chi connectivity index (χ0n) is 18.7. The van der Waals surface area contributed by atoms with Crippen molar-refractivity contribution in [3.63, 3.8) is 0 Å². The molecule has 6 aromatic rings. The maximum atomic E-state index is 4.13. The van der Waals surface area contributed by atoms with Crippen LogP contribution in [-0.4, -0.2) is 4.57 Å². The molecule has 4 aromatic carbocycles. The first-order valence-corrected chi connectivity index (χ1v) is 13.4. The van der Waals surface area contributed by atoms with Crippen LogP contribution in [0.3, 0.4) is 0 Å². The molecule has 0 fully saturated rings. The van der Waals surface area contributed by atoms with Gasteiger partial charge in [-0.05, 0) is 52.3 Å². The summed E-state index contributed by atoms with van der Waals surface area (Å²) in [5.74, 6) is 0.401. The van der Waals surface area contributed by atoms with Crippen LogP contribution in [0.4, 0.5) is 0 Å². The van der Waals surface area contributed by atoms with Crippen molar-refractivity contribution in [3.8, 4) is 27.4 Å². The topological polar surface area (TPSA) is 4.93 Å². The number of thiophene rings is 1. The van der Waals surface area contributed by atoms with E-state index in [9.17, 15) is 0 Å². The van der Waals surface area contributed by atoms with E-state index in [0.29, 0.717) is 5.92 Å². The number of benzene rings is 4. The second kappa shape index (κ2) is 7.69. The van der Waals surface area contributed by atoms with Crippen LogP contribution in [0.15, 0.2) is 103 Å². The Kier molecular flexibility index (Phi) is 4.58. The third kappa shape index (κ3) is 2.84. The molecule has 7 rings (SSSR count). The Labute approximate surface area is 211 Å². The number of hydrogen-bond acceptors (Lipinski definition) is 1. The molecule has 0 radical (unpaired) electrons. The van der Waals surface area contributed by atoms with Gasteiger partial charge in [-0.2, -0.15) is 0 Å². The summed E-state index contributed by atoms with van der Waals surface area (Å²) in [5.41, 5.74) is 9.18. The Bertz CT molecular complexity index is 1670. The lowest BCUT2D eigenvalue weighted by atomic mass is 9.84. The standard InChI is InChI=1S/C31H22BrNS/c1-19-27-24-12-6-8-14-26(24)34-31(27)30-28(29(19)32)23-11-5-7-13-25(23)33(30)22-17-15-21(16-18-22)20-9-3-2-4-10-20/h2-19,29H,1H3. The molecule has 1 nitrogen and oxygen atoms in total. The predicted molar refractivity (Wildman–Crippen MR) is 150 cm³/mol. The van der Waals surface area contributed by atoms with Crippen LogP contribution in [-0.2, 0) is 0 Å². The lowest BCUT2D eigenvalue weighted by molar-refractivity contribution is 0.752. The van der Waals surface area contributed by atoms with Crippen molar-refractivity contribution in [2.75, 3.05) is 0 Å². The number of nitrogens with zero attached hydrogens (tertiary/aromatic N) is 1. The average molecular weight is 520 g/mol. The maximum Gasteiger partial charge on any atom is 0.0687 e. The van der Waals surface area contributed by atoms with Gasteiger partial charge in [0.05, 0.1) is 16.1 Å². The van der Waals surface area contributed by atoms with Gasteiger partial charge in [0.15, 0.2) is 0 Å². The third-order valence-electron chi connectivity index (χ3n) is 7.17. The van der Waals surface area contributed by atoms with E-state index < -0.39 is 0 Å². The Balaban J connectivity index is 1.53. The summed E-state index contributed by atoms with van der Waals surface area (Å²) in [7, 11) is 0. The maximum absolute atomic E-state index is 4.13. The van der Waals surface area contributed by atoms with E-state index >= 15 is 0 Å². The van der Waals surface area contributed by atoms with Gasteiger partial charge in [0.2, 0.25) is 0 Å². The second-order valence-corrected chi connectivity index (χ2v) is 11.1. The van der Waals surface area contributed by atoms with E-state index in [1.165, 1.54) is 59.5 Å². The van der Waals surface area contributed by atoms with Gasteiger partial charge in [0.1, 0.15) is 0 Å². The summed E-state index contributed by atoms with van der Waals surface area (Å²) < 4.78 is 3.84. The van der Waals surface area contributed by atoms with Crippen LogP contribution in [0.2, 0.25) is 0 Å². The first kappa shape index (κ1) is 20.3. The van der Waals surface area contributed by atoms with Gasteiger partial charge < -0.3 is 4.57 Å². The van der Waals surface area contributed by atoms with Crippen molar-refractivity contribution >= 4 is 48.3 Å². The van der Waals surface area contributed by atoms with Crippen molar-refractivity contribution in [2.45, 2.75) is 17.7 Å². The molecule has 0 spiro atoms. The summed E-state index contributed by atoms with van der Waals surface area (Å²) in [4.78, 5) is 1.67. The fourth-order valence-corrected chi connectivity index (χ4v) is 7.65. The van der Waals surface area contributed by atoms with E-state index in [2.05, 4.69) is 131 Å². The SMILES string of the molecule is CC1c2c(sc3ccccc23)-c2c(c3ccccc3n2-c2ccc(-c3ccccc3)cc2)C1Br. The molecule has 164 valence electrons. The molecule has 34 heavy (non-hydrogen) atoms. The molecule has 1 aliphatic carbocycles. The number of alkyl halides is 1. The number of para-hydroxylation sites is 1. The molecular weight excluding hydrogens is 498 g/mol. The van der Waals surface area contributed by atoms with Crippen molar-refractivity contribution in [2.24, 2.45) is 0 Å². The molecule has 0 N–H and O–H groups in total. The zero-order valence-corrected chi connectivity index (χ0v) is 21.1. The van der Waals surface area contributed by atoms with Crippen LogP contribution in [0.1, 0.15) is 28.8 Å². The normalized spacial score (nSPS) is 17.1. The minimum atomic E-state index is 0.266. The van der Waals surface area contributed by atoms with Gasteiger partial charge >= 0.3 is 0 Å². The summed E-state index contributed by atoms with van der Waals surface area (Å²) in [6.45, 7) is 2.36. The zero-order chi connectivity index (χ0) is 22.8. The lowest BCUT2D eigenvalue weighted by Crippen LogP contribution is -2.10. The van der Waals surface area contributed by atoms with Crippen LogP contribution in [0.25, 0.3) is 48.4 Å². The molecule has 0 saturated carbocycles. The van der Waals surface area contributed by atoms with Gasteiger partial charge in [-0.15, -0.1) is 11.3 Å². The highest BCUT2D eigenvalue weighted by atomic mass is 79.9. The Morgan fingerprint density at radius 1 is 0.676 bits per heavy atom. The van der Waals surface area contributed by atoms with Gasteiger partial charge in [-0.1, -0.05) is 102 Å². The Morgan fingerprint density at radius 3 is 2.12 bits per heavy atom. The molecule has 2 heterocycles. The molecule has 0 aliphatic heterocycles. The highest BCUT2D eigenvalue weighted by Gasteiger charge is 2.37. The van der Waals surface area contributed by atoms with Crippen LogP contribution < -0.4 is 0 Å². The van der Waals surface area contributed by atoms with E-state index in [-0.39, 0.29) is 4.83 Å². The number of halogens is 1. The Morgan fingerprint density at radius 2 is 1.32 bits per heavy atom. The van der Waals surface area contributed by atoms with Crippen molar-refractivity contribution in [1.82, 2.24) is 4.57 Å². The minimum Gasteiger partial charge on any atom is -0.308 e. The molecule has 2 atom stereocenters. The molecule has 3 heteroatoms. The molecule has 1 aliphatic rings. The van der Waals surface area contributed by atoms with Crippen LogP contribution in [0, 0.1) is 0 Å². The minimum absolute atomic E-state index is 0.266.